The molecular formula is C25H32FN2O2+. The summed E-state index contributed by atoms with van der Waals surface area (Å²) >= 11 is 0. The predicted molar refractivity (Wildman–Crippen MR) is 115 cm³/mol. The zero-order chi connectivity index (χ0) is 20.9. The molecule has 1 aromatic rings. The van der Waals surface area contributed by atoms with Gasteiger partial charge in [-0.3, -0.25) is 4.79 Å². The van der Waals surface area contributed by atoms with Crippen LogP contribution < -0.4 is 9.80 Å². The average Bonchev–Trinajstić information content (AvgIpc) is 3.01. The fourth-order valence-corrected chi connectivity index (χ4v) is 6.15. The molecule has 4 aliphatic rings. The normalized spacial score (nSPS) is 34.0. The first kappa shape index (κ1) is 19.8. The highest BCUT2D eigenvalue weighted by molar-refractivity contribution is 5.76. The van der Waals surface area contributed by atoms with Crippen molar-refractivity contribution in [1.29, 1.82) is 0 Å². The van der Waals surface area contributed by atoms with E-state index in [4.69, 9.17) is 4.74 Å². The Morgan fingerprint density at radius 1 is 1.27 bits per heavy atom. The van der Waals surface area contributed by atoms with Gasteiger partial charge in [-0.2, -0.15) is 0 Å². The van der Waals surface area contributed by atoms with E-state index in [1.165, 1.54) is 22.1 Å². The van der Waals surface area contributed by atoms with Crippen molar-refractivity contribution >= 4 is 11.7 Å². The van der Waals surface area contributed by atoms with Gasteiger partial charge < -0.3 is 14.5 Å². The van der Waals surface area contributed by atoms with Crippen LogP contribution in [0, 0.1) is 23.1 Å². The maximum absolute atomic E-state index is 14.1. The van der Waals surface area contributed by atoms with Crippen molar-refractivity contribution in [2.75, 3.05) is 37.6 Å². The van der Waals surface area contributed by atoms with Gasteiger partial charge in [0.15, 0.2) is 0 Å². The van der Waals surface area contributed by atoms with Gasteiger partial charge in [0, 0.05) is 5.92 Å². The number of halogens is 1. The second-order valence-electron chi connectivity index (χ2n) is 9.82. The van der Waals surface area contributed by atoms with Gasteiger partial charge in [-0.15, -0.1) is 0 Å². The molecule has 0 saturated carbocycles. The number of carbonyl (C=O) groups is 1. The van der Waals surface area contributed by atoms with Gasteiger partial charge in [-0.1, -0.05) is 36.8 Å². The van der Waals surface area contributed by atoms with E-state index in [1.54, 1.807) is 6.07 Å². The first-order chi connectivity index (χ1) is 14.4. The van der Waals surface area contributed by atoms with Crippen LogP contribution >= 0.6 is 0 Å². The van der Waals surface area contributed by atoms with Crippen LogP contribution in [-0.4, -0.2) is 44.8 Å². The minimum absolute atomic E-state index is 0.0187. The number of nitrogens with zero attached hydrogens (tertiary/aromatic N) is 1. The van der Waals surface area contributed by atoms with E-state index in [9.17, 15) is 9.18 Å². The van der Waals surface area contributed by atoms with Crippen LogP contribution in [0.1, 0.15) is 33.1 Å². The Hall–Kier alpha value is -2.14. The highest BCUT2D eigenvalue weighted by atomic mass is 19.1. The number of piperazine rings is 1. The smallest absolute Gasteiger partial charge is 0.315 e. The van der Waals surface area contributed by atoms with Crippen LogP contribution in [0.15, 0.2) is 47.6 Å². The lowest BCUT2D eigenvalue weighted by atomic mass is 9.62. The van der Waals surface area contributed by atoms with Gasteiger partial charge >= 0.3 is 5.97 Å². The lowest BCUT2D eigenvalue weighted by Gasteiger charge is -2.43. The standard InChI is InChI=1S/C25H31FN2O2/c1-17-6-5-9-25(2)15-23-18(14-20(17)25)19(24(29)30-23)16-27-10-12-28(13-11-27)22-8-4-3-7-21(22)26/h3-4,6-8,14,18-19,23H,5,9-13,15-16H2,1-2H3/p+1/t18-,19+,23-,25-/m1/s1. The fraction of sp³-hybridized carbons (Fsp3) is 0.560. The van der Waals surface area contributed by atoms with Crippen molar-refractivity contribution < 1.29 is 18.8 Å². The second-order valence-corrected chi connectivity index (χ2v) is 9.82. The average molecular weight is 412 g/mol. The lowest BCUT2D eigenvalue weighted by Crippen LogP contribution is -3.15. The van der Waals surface area contributed by atoms with Gasteiger partial charge in [-0.05, 0) is 49.3 Å². The molecular weight excluding hydrogens is 379 g/mol. The van der Waals surface area contributed by atoms with E-state index in [1.807, 2.05) is 12.1 Å². The summed E-state index contributed by atoms with van der Waals surface area (Å²) in [6, 6.07) is 6.99. The summed E-state index contributed by atoms with van der Waals surface area (Å²) < 4.78 is 20.0. The monoisotopic (exact) mass is 411 g/mol. The molecule has 2 saturated heterocycles. The number of hydrogen-bond acceptors (Lipinski definition) is 3. The van der Waals surface area contributed by atoms with Gasteiger partial charge in [0.2, 0.25) is 0 Å². The number of benzene rings is 1. The third-order valence-electron chi connectivity index (χ3n) is 7.87. The molecule has 30 heavy (non-hydrogen) atoms. The molecule has 2 fully saturated rings. The van der Waals surface area contributed by atoms with E-state index in [-0.39, 0.29) is 35.1 Å². The molecule has 1 N–H and O–H groups in total. The zero-order valence-corrected chi connectivity index (χ0v) is 18.0. The summed E-state index contributed by atoms with van der Waals surface area (Å²) in [6.07, 6.45) is 7.96. The Balaban J connectivity index is 1.28. The van der Waals surface area contributed by atoms with E-state index < -0.39 is 0 Å². The zero-order valence-electron chi connectivity index (χ0n) is 18.0. The summed E-state index contributed by atoms with van der Waals surface area (Å²) in [5.41, 5.74) is 3.66. The number of hydrogen-bond donors (Lipinski definition) is 1. The molecule has 0 unspecified atom stereocenters. The van der Waals surface area contributed by atoms with Crippen LogP contribution in [-0.2, 0) is 9.53 Å². The van der Waals surface area contributed by atoms with Gasteiger partial charge in [0.05, 0.1) is 38.4 Å². The van der Waals surface area contributed by atoms with E-state index in [2.05, 4.69) is 30.9 Å². The minimum atomic E-state index is -0.157. The Morgan fingerprint density at radius 3 is 2.80 bits per heavy atom. The van der Waals surface area contributed by atoms with Crippen molar-refractivity contribution in [3.8, 4) is 0 Å². The summed E-state index contributed by atoms with van der Waals surface area (Å²) in [6.45, 7) is 8.82. The van der Waals surface area contributed by atoms with E-state index in [0.717, 1.165) is 52.0 Å². The van der Waals surface area contributed by atoms with Crippen molar-refractivity contribution in [3.63, 3.8) is 0 Å². The molecule has 5 heteroatoms. The maximum Gasteiger partial charge on any atom is 0.315 e. The van der Waals surface area contributed by atoms with Crippen molar-refractivity contribution in [2.24, 2.45) is 17.3 Å². The number of quaternary nitrogens is 1. The van der Waals surface area contributed by atoms with Crippen molar-refractivity contribution in [3.05, 3.63) is 53.4 Å². The molecule has 2 aliphatic heterocycles. The quantitative estimate of drug-likeness (QED) is 0.777. The molecule has 2 aliphatic carbocycles. The molecule has 1 aromatic carbocycles. The van der Waals surface area contributed by atoms with Crippen LogP contribution in [0.3, 0.4) is 0 Å². The van der Waals surface area contributed by atoms with Gasteiger partial charge in [0.1, 0.15) is 17.8 Å². The Bertz CT molecular complexity index is 902. The maximum atomic E-state index is 14.1. The van der Waals surface area contributed by atoms with Crippen LogP contribution in [0.4, 0.5) is 10.1 Å². The fourth-order valence-electron chi connectivity index (χ4n) is 6.15. The number of ether oxygens (including phenoxy) is 1. The minimum Gasteiger partial charge on any atom is -0.461 e. The number of nitrogens with one attached hydrogen (secondary N) is 1. The summed E-state index contributed by atoms with van der Waals surface area (Å²) in [4.78, 5) is 16.3. The molecule has 2 heterocycles. The number of fused-ring (bicyclic) bond motifs is 2. The van der Waals surface area contributed by atoms with Crippen molar-refractivity contribution in [1.82, 2.24) is 0 Å². The molecule has 0 aromatic heterocycles. The SMILES string of the molecule is CC1=CCC[C@]2(C)C[C@H]3OC(=O)[C@@H](C[NH+]4CCN(c5ccccc5F)CC4)[C@H]3C=C12. The first-order valence-corrected chi connectivity index (χ1v) is 11.4. The number of anilines is 1. The molecule has 0 radical (unpaired) electrons. The van der Waals surface area contributed by atoms with E-state index in [0.29, 0.717) is 5.69 Å². The Kier molecular flexibility index (Phi) is 4.97. The Morgan fingerprint density at radius 2 is 2.03 bits per heavy atom. The molecule has 160 valence electrons. The molecule has 4 nitrogen and oxygen atoms in total. The molecule has 5 rings (SSSR count). The van der Waals surface area contributed by atoms with E-state index >= 15 is 0 Å². The number of carbonyl (C=O) groups excluding carboxylic acids is 1. The van der Waals surface area contributed by atoms with Gasteiger partial charge in [0.25, 0.3) is 0 Å². The third kappa shape index (κ3) is 3.37. The number of esters is 1. The number of rotatable bonds is 3. The lowest BCUT2D eigenvalue weighted by molar-refractivity contribution is -0.903. The summed E-state index contributed by atoms with van der Waals surface area (Å²) in [7, 11) is 0. The van der Waals surface area contributed by atoms with Crippen LogP contribution in [0.25, 0.3) is 0 Å². The predicted octanol–water partition coefficient (Wildman–Crippen LogP) is 2.76. The Labute approximate surface area is 178 Å². The highest BCUT2D eigenvalue weighted by Gasteiger charge is 2.52. The largest absolute Gasteiger partial charge is 0.461 e. The first-order valence-electron chi connectivity index (χ1n) is 11.4. The third-order valence-corrected chi connectivity index (χ3v) is 7.87. The topological polar surface area (TPSA) is 34.0 Å². The summed E-state index contributed by atoms with van der Waals surface area (Å²) in [5.74, 6) is -0.0402. The summed E-state index contributed by atoms with van der Waals surface area (Å²) in [5, 5.41) is 0. The van der Waals surface area contributed by atoms with Crippen molar-refractivity contribution in [2.45, 2.75) is 39.2 Å². The van der Waals surface area contributed by atoms with Gasteiger partial charge in [-0.25, -0.2) is 4.39 Å². The molecule has 0 bridgehead atoms. The second kappa shape index (κ2) is 7.52. The van der Waals surface area contributed by atoms with Crippen LogP contribution in [0.2, 0.25) is 0 Å². The number of allylic oxidation sites excluding steroid dienone is 3. The highest BCUT2D eigenvalue weighted by Crippen LogP contribution is 2.52. The number of para-hydroxylation sites is 1. The molecule has 0 amide bonds. The van der Waals surface area contributed by atoms with Crippen LogP contribution in [0.5, 0.6) is 0 Å². The molecule has 0 spiro atoms. The molecule has 4 atom stereocenters.